The van der Waals surface area contributed by atoms with E-state index >= 15 is 0 Å². The fraction of sp³-hybridized carbons (Fsp3) is 0.158. The van der Waals surface area contributed by atoms with E-state index in [9.17, 15) is 0 Å². The summed E-state index contributed by atoms with van der Waals surface area (Å²) >= 11 is 0. The van der Waals surface area contributed by atoms with Gasteiger partial charge < -0.3 is 5.32 Å². The molecular formula is C19H19N. The smallest absolute Gasteiger partial charge is 0.0583 e. The quantitative estimate of drug-likeness (QED) is 0.734. The van der Waals surface area contributed by atoms with E-state index in [0.29, 0.717) is 0 Å². The third-order valence-corrected chi connectivity index (χ3v) is 3.90. The van der Waals surface area contributed by atoms with Crippen molar-refractivity contribution in [3.8, 4) is 0 Å². The molecule has 0 fully saturated rings. The van der Waals surface area contributed by atoms with Crippen LogP contribution in [-0.2, 0) is 0 Å². The SMILES string of the molecule is CNC(c1ccccc1)c1c(C)ccc2ccccc12. The molecule has 3 rings (SSSR count). The van der Waals surface area contributed by atoms with Crippen LogP contribution in [0.15, 0.2) is 66.7 Å². The fourth-order valence-electron chi connectivity index (χ4n) is 2.91. The number of hydrogen-bond donors (Lipinski definition) is 1. The zero-order chi connectivity index (χ0) is 13.9. The topological polar surface area (TPSA) is 12.0 Å². The van der Waals surface area contributed by atoms with Crippen LogP contribution in [-0.4, -0.2) is 7.05 Å². The van der Waals surface area contributed by atoms with Crippen molar-refractivity contribution in [2.45, 2.75) is 13.0 Å². The molecule has 1 nitrogen and oxygen atoms in total. The number of nitrogens with one attached hydrogen (secondary N) is 1. The van der Waals surface area contributed by atoms with E-state index in [-0.39, 0.29) is 6.04 Å². The first kappa shape index (κ1) is 12.9. The van der Waals surface area contributed by atoms with Crippen LogP contribution in [0.5, 0.6) is 0 Å². The van der Waals surface area contributed by atoms with Gasteiger partial charge >= 0.3 is 0 Å². The van der Waals surface area contributed by atoms with Gasteiger partial charge in [0.1, 0.15) is 0 Å². The molecule has 1 unspecified atom stereocenters. The van der Waals surface area contributed by atoms with Gasteiger partial charge in [0.2, 0.25) is 0 Å². The Morgan fingerprint density at radius 3 is 2.25 bits per heavy atom. The lowest BCUT2D eigenvalue weighted by Gasteiger charge is -2.21. The zero-order valence-electron chi connectivity index (χ0n) is 11.9. The molecule has 1 atom stereocenters. The first-order chi connectivity index (χ1) is 9.81. The Kier molecular flexibility index (Phi) is 3.53. The average Bonchev–Trinajstić information content (AvgIpc) is 2.51. The van der Waals surface area contributed by atoms with Gasteiger partial charge in [0.15, 0.2) is 0 Å². The third-order valence-electron chi connectivity index (χ3n) is 3.90. The summed E-state index contributed by atoms with van der Waals surface area (Å²) in [4.78, 5) is 0. The molecule has 100 valence electrons. The fourth-order valence-corrected chi connectivity index (χ4v) is 2.91. The van der Waals surface area contributed by atoms with Crippen LogP contribution in [0.1, 0.15) is 22.7 Å². The highest BCUT2D eigenvalue weighted by Gasteiger charge is 2.16. The van der Waals surface area contributed by atoms with Crippen molar-refractivity contribution in [2.75, 3.05) is 7.05 Å². The molecule has 0 radical (unpaired) electrons. The summed E-state index contributed by atoms with van der Waals surface area (Å²) in [5.41, 5.74) is 4.00. The molecule has 1 N–H and O–H groups in total. The molecule has 0 amide bonds. The maximum atomic E-state index is 3.47. The highest BCUT2D eigenvalue weighted by atomic mass is 14.9. The third kappa shape index (κ3) is 2.21. The van der Waals surface area contributed by atoms with Crippen LogP contribution in [0.3, 0.4) is 0 Å². The van der Waals surface area contributed by atoms with Crippen molar-refractivity contribution in [3.63, 3.8) is 0 Å². The molecule has 0 aliphatic heterocycles. The minimum atomic E-state index is 0.224. The Bertz CT molecular complexity index is 716. The first-order valence-corrected chi connectivity index (χ1v) is 7.01. The minimum Gasteiger partial charge on any atom is -0.309 e. The van der Waals surface area contributed by atoms with Crippen molar-refractivity contribution < 1.29 is 0 Å². The Labute approximate surface area is 120 Å². The van der Waals surface area contributed by atoms with Gasteiger partial charge in [0.05, 0.1) is 6.04 Å². The molecule has 3 aromatic rings. The van der Waals surface area contributed by atoms with Crippen molar-refractivity contribution in [3.05, 3.63) is 83.4 Å². The van der Waals surface area contributed by atoms with Crippen molar-refractivity contribution >= 4 is 10.8 Å². The molecular weight excluding hydrogens is 242 g/mol. The summed E-state index contributed by atoms with van der Waals surface area (Å²) in [6, 6.07) is 23.9. The van der Waals surface area contributed by atoms with Gasteiger partial charge in [-0.2, -0.15) is 0 Å². The van der Waals surface area contributed by atoms with E-state index in [2.05, 4.69) is 79.0 Å². The van der Waals surface area contributed by atoms with Crippen LogP contribution < -0.4 is 5.32 Å². The maximum absolute atomic E-state index is 3.47. The molecule has 3 aromatic carbocycles. The number of aryl methyl sites for hydroxylation is 1. The monoisotopic (exact) mass is 261 g/mol. The second-order valence-electron chi connectivity index (χ2n) is 5.15. The predicted octanol–water partition coefficient (Wildman–Crippen LogP) is 4.46. The van der Waals surface area contributed by atoms with Gasteiger partial charge in [-0.05, 0) is 41.4 Å². The van der Waals surface area contributed by atoms with E-state index in [4.69, 9.17) is 0 Å². The molecule has 0 aliphatic rings. The van der Waals surface area contributed by atoms with Gasteiger partial charge in [-0.25, -0.2) is 0 Å². The van der Waals surface area contributed by atoms with Crippen LogP contribution in [0, 0.1) is 6.92 Å². The Morgan fingerprint density at radius 2 is 1.50 bits per heavy atom. The maximum Gasteiger partial charge on any atom is 0.0583 e. The predicted molar refractivity (Wildman–Crippen MR) is 86.0 cm³/mol. The van der Waals surface area contributed by atoms with E-state index in [1.54, 1.807) is 0 Å². The Morgan fingerprint density at radius 1 is 0.800 bits per heavy atom. The lowest BCUT2D eigenvalue weighted by molar-refractivity contribution is 0.693. The minimum absolute atomic E-state index is 0.224. The van der Waals surface area contributed by atoms with Crippen molar-refractivity contribution in [1.29, 1.82) is 0 Å². The van der Waals surface area contributed by atoms with Gasteiger partial charge in [-0.1, -0.05) is 66.7 Å². The Hall–Kier alpha value is -2.12. The van der Waals surface area contributed by atoms with E-state index < -0.39 is 0 Å². The average molecular weight is 261 g/mol. The highest BCUT2D eigenvalue weighted by molar-refractivity contribution is 5.87. The second kappa shape index (κ2) is 5.48. The number of benzene rings is 3. The summed E-state index contributed by atoms with van der Waals surface area (Å²) in [6.07, 6.45) is 0. The van der Waals surface area contributed by atoms with E-state index in [0.717, 1.165) is 0 Å². The zero-order valence-corrected chi connectivity index (χ0v) is 11.9. The number of hydrogen-bond acceptors (Lipinski definition) is 1. The molecule has 0 aromatic heterocycles. The van der Waals surface area contributed by atoms with Crippen molar-refractivity contribution in [1.82, 2.24) is 5.32 Å². The van der Waals surface area contributed by atoms with Gasteiger partial charge in [-0.15, -0.1) is 0 Å². The summed E-state index contributed by atoms with van der Waals surface area (Å²) in [5, 5.41) is 6.09. The summed E-state index contributed by atoms with van der Waals surface area (Å²) in [7, 11) is 2.03. The summed E-state index contributed by atoms with van der Waals surface area (Å²) < 4.78 is 0. The largest absolute Gasteiger partial charge is 0.309 e. The lowest BCUT2D eigenvalue weighted by atomic mass is 9.90. The summed E-state index contributed by atoms with van der Waals surface area (Å²) in [6.45, 7) is 2.19. The second-order valence-corrected chi connectivity index (χ2v) is 5.15. The van der Waals surface area contributed by atoms with E-state index in [1.807, 2.05) is 7.05 Å². The molecule has 0 aliphatic carbocycles. The first-order valence-electron chi connectivity index (χ1n) is 7.01. The van der Waals surface area contributed by atoms with Gasteiger partial charge in [0.25, 0.3) is 0 Å². The summed E-state index contributed by atoms with van der Waals surface area (Å²) in [5.74, 6) is 0. The molecule has 0 heterocycles. The molecule has 0 saturated carbocycles. The molecule has 0 spiro atoms. The van der Waals surface area contributed by atoms with E-state index in [1.165, 1.54) is 27.5 Å². The lowest BCUT2D eigenvalue weighted by Crippen LogP contribution is -2.19. The Balaban J connectivity index is 2.24. The van der Waals surface area contributed by atoms with Crippen LogP contribution in [0.25, 0.3) is 10.8 Å². The molecule has 0 bridgehead atoms. The molecule has 20 heavy (non-hydrogen) atoms. The number of rotatable bonds is 3. The normalized spacial score (nSPS) is 12.5. The highest BCUT2D eigenvalue weighted by Crippen LogP contribution is 2.31. The molecule has 0 saturated heterocycles. The van der Waals surface area contributed by atoms with Crippen molar-refractivity contribution in [2.24, 2.45) is 0 Å². The van der Waals surface area contributed by atoms with Crippen LogP contribution in [0.4, 0.5) is 0 Å². The van der Waals surface area contributed by atoms with Crippen LogP contribution in [0.2, 0.25) is 0 Å². The molecule has 1 heteroatoms. The van der Waals surface area contributed by atoms with Gasteiger partial charge in [-0.3, -0.25) is 0 Å². The van der Waals surface area contributed by atoms with Crippen LogP contribution >= 0.6 is 0 Å². The standard InChI is InChI=1S/C19H19N/c1-14-12-13-15-8-6-7-11-17(15)18(14)19(20-2)16-9-4-3-5-10-16/h3-13,19-20H,1-2H3. The number of fused-ring (bicyclic) bond motifs is 1. The van der Waals surface area contributed by atoms with Gasteiger partial charge in [0, 0.05) is 0 Å².